The van der Waals surface area contributed by atoms with Crippen LogP contribution in [0.2, 0.25) is 0 Å². The van der Waals surface area contributed by atoms with Crippen molar-refractivity contribution in [3.05, 3.63) is 35.4 Å². The molecule has 1 aromatic carbocycles. The van der Waals surface area contributed by atoms with Crippen molar-refractivity contribution >= 4 is 0 Å². The van der Waals surface area contributed by atoms with E-state index < -0.39 is 11.7 Å². The highest BCUT2D eigenvalue weighted by atomic mass is 19.4. The molecule has 21 heavy (non-hydrogen) atoms. The molecule has 0 radical (unpaired) electrons. The Morgan fingerprint density at radius 3 is 2.24 bits per heavy atom. The molecule has 0 aliphatic heterocycles. The van der Waals surface area contributed by atoms with E-state index in [9.17, 15) is 13.2 Å². The van der Waals surface area contributed by atoms with Gasteiger partial charge in [-0.3, -0.25) is 0 Å². The molecule has 0 spiro atoms. The van der Waals surface area contributed by atoms with E-state index in [1.807, 2.05) is 6.92 Å². The highest BCUT2D eigenvalue weighted by Crippen LogP contribution is 2.37. The quantitative estimate of drug-likeness (QED) is 0.495. The smallest absolute Gasteiger partial charge is 0.166 e. The van der Waals surface area contributed by atoms with Gasteiger partial charge in [0.2, 0.25) is 0 Å². The van der Waals surface area contributed by atoms with Crippen LogP contribution in [0, 0.1) is 5.92 Å². The highest BCUT2D eigenvalue weighted by Gasteiger charge is 2.34. The van der Waals surface area contributed by atoms with Crippen LogP contribution in [0.15, 0.2) is 24.3 Å². The van der Waals surface area contributed by atoms with Crippen LogP contribution in [0.4, 0.5) is 13.2 Å². The van der Waals surface area contributed by atoms with Gasteiger partial charge in [-0.05, 0) is 36.3 Å². The van der Waals surface area contributed by atoms with Gasteiger partial charge in [-0.2, -0.15) is 13.2 Å². The summed E-state index contributed by atoms with van der Waals surface area (Å²) in [5.41, 5.74) is -0.0329. The third-order valence-electron chi connectivity index (χ3n) is 4.35. The van der Waals surface area contributed by atoms with Gasteiger partial charge in [-0.1, -0.05) is 64.7 Å². The number of hydrogen-bond donors (Lipinski definition) is 0. The Hall–Kier alpha value is -0.990. The molecule has 2 unspecified atom stereocenters. The van der Waals surface area contributed by atoms with E-state index in [0.717, 1.165) is 19.3 Å². The number of rotatable bonds is 8. The number of alkyl halides is 3. The van der Waals surface area contributed by atoms with Crippen LogP contribution in [0.3, 0.4) is 0 Å². The summed E-state index contributed by atoms with van der Waals surface area (Å²) in [6.07, 6.45) is 2.31. The lowest BCUT2D eigenvalue weighted by Gasteiger charge is -2.21. The van der Waals surface area contributed by atoms with E-state index in [1.54, 1.807) is 12.1 Å². The van der Waals surface area contributed by atoms with Gasteiger partial charge in [0, 0.05) is 0 Å². The third kappa shape index (κ3) is 5.72. The lowest BCUT2D eigenvalue weighted by Crippen LogP contribution is -2.11. The van der Waals surface area contributed by atoms with Crippen molar-refractivity contribution in [3.63, 3.8) is 0 Å². The molecular formula is C18H27F3. The number of halogens is 3. The van der Waals surface area contributed by atoms with E-state index in [-0.39, 0.29) is 5.92 Å². The second-order valence-corrected chi connectivity index (χ2v) is 5.98. The molecule has 0 heterocycles. The van der Waals surface area contributed by atoms with Gasteiger partial charge in [0.1, 0.15) is 0 Å². The Kier molecular flexibility index (Phi) is 7.27. The Bertz CT molecular complexity index is 409. The van der Waals surface area contributed by atoms with E-state index in [2.05, 4.69) is 13.8 Å². The normalized spacial score (nSPS) is 15.0. The van der Waals surface area contributed by atoms with Crippen molar-refractivity contribution in [2.45, 2.75) is 71.4 Å². The molecule has 0 saturated carbocycles. The summed E-state index contributed by atoms with van der Waals surface area (Å²) in [7, 11) is 0. The molecule has 0 saturated heterocycles. The van der Waals surface area contributed by atoms with Crippen LogP contribution in [0.1, 0.15) is 76.3 Å². The largest absolute Gasteiger partial charge is 0.416 e. The minimum atomic E-state index is -4.25. The van der Waals surface area contributed by atoms with Crippen molar-refractivity contribution < 1.29 is 13.2 Å². The van der Waals surface area contributed by atoms with Crippen LogP contribution in [-0.2, 0) is 6.18 Å². The maximum Gasteiger partial charge on any atom is 0.416 e. The molecule has 0 amide bonds. The molecule has 2 atom stereocenters. The predicted molar refractivity (Wildman–Crippen MR) is 82.4 cm³/mol. The summed E-state index contributed by atoms with van der Waals surface area (Å²) in [5.74, 6) is 0.601. The summed E-state index contributed by atoms with van der Waals surface area (Å²) in [4.78, 5) is 0. The first-order valence-corrected chi connectivity index (χ1v) is 8.06. The Morgan fingerprint density at radius 1 is 1.00 bits per heavy atom. The standard InChI is InChI=1S/C18H27F3/c1-4-6-9-15(5-2)13-12-14(3)16-10-7-8-11-17(16)18(19,20)21/h7-8,10-11,14-15H,4-6,9,12-13H2,1-3H3. The molecule has 1 rings (SSSR count). The van der Waals surface area contributed by atoms with Gasteiger partial charge in [0.15, 0.2) is 0 Å². The van der Waals surface area contributed by atoms with Gasteiger partial charge < -0.3 is 0 Å². The van der Waals surface area contributed by atoms with Crippen molar-refractivity contribution in [2.24, 2.45) is 5.92 Å². The van der Waals surface area contributed by atoms with Gasteiger partial charge in [-0.25, -0.2) is 0 Å². The second kappa shape index (κ2) is 8.45. The van der Waals surface area contributed by atoms with Crippen molar-refractivity contribution in [2.75, 3.05) is 0 Å². The fourth-order valence-electron chi connectivity index (χ4n) is 2.87. The molecular weight excluding hydrogens is 273 g/mol. The average molecular weight is 300 g/mol. The fourth-order valence-corrected chi connectivity index (χ4v) is 2.87. The zero-order valence-electron chi connectivity index (χ0n) is 13.3. The average Bonchev–Trinajstić information content (AvgIpc) is 2.46. The third-order valence-corrected chi connectivity index (χ3v) is 4.35. The second-order valence-electron chi connectivity index (χ2n) is 5.98. The van der Waals surface area contributed by atoms with Gasteiger partial charge in [-0.15, -0.1) is 0 Å². The summed E-state index contributed by atoms with van der Waals surface area (Å²) in [6.45, 7) is 6.26. The van der Waals surface area contributed by atoms with Gasteiger partial charge in [0.05, 0.1) is 5.56 Å². The zero-order chi connectivity index (χ0) is 15.9. The Labute approximate surface area is 126 Å². The molecule has 0 bridgehead atoms. The molecule has 0 aromatic heterocycles. The molecule has 0 aliphatic carbocycles. The van der Waals surface area contributed by atoms with E-state index in [1.165, 1.54) is 31.4 Å². The fraction of sp³-hybridized carbons (Fsp3) is 0.667. The van der Waals surface area contributed by atoms with Crippen molar-refractivity contribution in [3.8, 4) is 0 Å². The van der Waals surface area contributed by atoms with Crippen LogP contribution in [0.25, 0.3) is 0 Å². The molecule has 0 fully saturated rings. The Morgan fingerprint density at radius 2 is 1.67 bits per heavy atom. The van der Waals surface area contributed by atoms with Crippen molar-refractivity contribution in [1.82, 2.24) is 0 Å². The monoisotopic (exact) mass is 300 g/mol. The van der Waals surface area contributed by atoms with Gasteiger partial charge >= 0.3 is 6.18 Å². The van der Waals surface area contributed by atoms with Crippen molar-refractivity contribution in [1.29, 1.82) is 0 Å². The first-order valence-electron chi connectivity index (χ1n) is 8.06. The first kappa shape index (κ1) is 18.1. The molecule has 3 heteroatoms. The predicted octanol–water partition coefficient (Wildman–Crippen LogP) is 6.81. The van der Waals surface area contributed by atoms with Crippen LogP contribution in [0.5, 0.6) is 0 Å². The lowest BCUT2D eigenvalue weighted by atomic mass is 9.86. The SMILES string of the molecule is CCCCC(CC)CCC(C)c1ccccc1C(F)(F)F. The van der Waals surface area contributed by atoms with E-state index in [4.69, 9.17) is 0 Å². The minimum absolute atomic E-state index is 0.0431. The zero-order valence-corrected chi connectivity index (χ0v) is 13.3. The topological polar surface area (TPSA) is 0 Å². The summed E-state index contributed by atoms with van der Waals surface area (Å²) < 4.78 is 39.1. The Balaban J connectivity index is 2.69. The lowest BCUT2D eigenvalue weighted by molar-refractivity contribution is -0.138. The van der Waals surface area contributed by atoms with E-state index in [0.29, 0.717) is 11.5 Å². The molecule has 1 aromatic rings. The number of benzene rings is 1. The van der Waals surface area contributed by atoms with Crippen LogP contribution < -0.4 is 0 Å². The number of hydrogen-bond acceptors (Lipinski definition) is 0. The molecule has 0 nitrogen and oxygen atoms in total. The molecule has 120 valence electrons. The molecule has 0 N–H and O–H groups in total. The first-order chi connectivity index (χ1) is 9.90. The summed E-state index contributed by atoms with van der Waals surface area (Å²) in [6, 6.07) is 5.99. The van der Waals surface area contributed by atoms with Crippen LogP contribution in [-0.4, -0.2) is 0 Å². The molecule has 0 aliphatic rings. The highest BCUT2D eigenvalue weighted by molar-refractivity contribution is 5.32. The van der Waals surface area contributed by atoms with Crippen LogP contribution >= 0.6 is 0 Å². The summed E-state index contributed by atoms with van der Waals surface area (Å²) >= 11 is 0. The minimum Gasteiger partial charge on any atom is -0.166 e. The maximum atomic E-state index is 13.0. The summed E-state index contributed by atoms with van der Waals surface area (Å²) in [5, 5.41) is 0. The van der Waals surface area contributed by atoms with Gasteiger partial charge in [0.25, 0.3) is 0 Å². The van der Waals surface area contributed by atoms with E-state index >= 15 is 0 Å². The number of unbranched alkanes of at least 4 members (excludes halogenated alkanes) is 1. The maximum absolute atomic E-state index is 13.0.